The zero-order valence-corrected chi connectivity index (χ0v) is 10.5. The van der Waals surface area contributed by atoms with Crippen molar-refractivity contribution in [1.29, 1.82) is 0 Å². The molecule has 0 bridgehead atoms. The first-order valence-electron chi connectivity index (χ1n) is 5.72. The van der Waals surface area contributed by atoms with Gasteiger partial charge in [-0.15, -0.1) is 0 Å². The molecule has 1 aromatic rings. The highest BCUT2D eigenvalue weighted by molar-refractivity contribution is 6.32. The maximum atomic E-state index is 6.06. The van der Waals surface area contributed by atoms with Crippen LogP contribution in [-0.4, -0.2) is 19.3 Å². The summed E-state index contributed by atoms with van der Waals surface area (Å²) in [7, 11) is 1.63. The predicted octanol–water partition coefficient (Wildman–Crippen LogP) is 3.46. The fourth-order valence-corrected chi connectivity index (χ4v) is 2.25. The fourth-order valence-electron chi connectivity index (χ4n) is 1.97. The van der Waals surface area contributed by atoms with E-state index in [2.05, 4.69) is 13.0 Å². The number of aryl methyl sites for hydroxylation is 1. The van der Waals surface area contributed by atoms with Crippen molar-refractivity contribution in [3.05, 3.63) is 28.8 Å². The summed E-state index contributed by atoms with van der Waals surface area (Å²) in [5, 5.41) is 0.684. The first kappa shape index (κ1) is 11.7. The van der Waals surface area contributed by atoms with Gasteiger partial charge < -0.3 is 9.47 Å². The smallest absolute Gasteiger partial charge is 0.137 e. The van der Waals surface area contributed by atoms with Gasteiger partial charge in [-0.3, -0.25) is 0 Å². The molecule has 2 unspecified atom stereocenters. The number of epoxide rings is 1. The van der Waals surface area contributed by atoms with Crippen molar-refractivity contribution in [2.75, 3.05) is 7.11 Å². The Kier molecular flexibility index (Phi) is 3.72. The Hall–Kier alpha value is -0.730. The molecule has 0 N–H and O–H groups in total. The normalized spacial score (nSPS) is 23.2. The van der Waals surface area contributed by atoms with Crippen LogP contribution in [0.4, 0.5) is 0 Å². The lowest BCUT2D eigenvalue weighted by molar-refractivity contribution is 0.359. The second-order valence-corrected chi connectivity index (χ2v) is 4.54. The number of hydrogen-bond acceptors (Lipinski definition) is 2. The van der Waals surface area contributed by atoms with Crippen LogP contribution in [0.3, 0.4) is 0 Å². The molecule has 0 amide bonds. The van der Waals surface area contributed by atoms with Gasteiger partial charge in [-0.1, -0.05) is 24.6 Å². The molecular weight excluding hydrogens is 224 g/mol. The zero-order valence-electron chi connectivity index (χ0n) is 9.70. The van der Waals surface area contributed by atoms with E-state index in [-0.39, 0.29) is 0 Å². The Bertz CT molecular complexity index is 365. The molecule has 1 fully saturated rings. The summed E-state index contributed by atoms with van der Waals surface area (Å²) in [4.78, 5) is 0. The van der Waals surface area contributed by atoms with Crippen LogP contribution in [-0.2, 0) is 11.2 Å². The number of rotatable bonds is 5. The lowest BCUT2D eigenvalue weighted by atomic mass is 10.1. The molecular formula is C13H17ClO2. The molecule has 2 nitrogen and oxygen atoms in total. The SMILES string of the molecule is CCC1OC1CCc1ccc(OC)c(Cl)c1. The largest absolute Gasteiger partial charge is 0.495 e. The molecule has 88 valence electrons. The molecule has 1 aliphatic rings. The van der Waals surface area contributed by atoms with E-state index in [0.717, 1.165) is 25.0 Å². The molecule has 0 aromatic heterocycles. The maximum Gasteiger partial charge on any atom is 0.137 e. The predicted molar refractivity (Wildman–Crippen MR) is 65.3 cm³/mol. The molecule has 16 heavy (non-hydrogen) atoms. The summed E-state index contributed by atoms with van der Waals surface area (Å²) in [5.74, 6) is 0.736. The van der Waals surface area contributed by atoms with Crippen LogP contribution in [0.2, 0.25) is 5.02 Å². The van der Waals surface area contributed by atoms with E-state index in [4.69, 9.17) is 21.1 Å². The van der Waals surface area contributed by atoms with Crippen molar-refractivity contribution in [2.24, 2.45) is 0 Å². The van der Waals surface area contributed by atoms with Gasteiger partial charge in [0.1, 0.15) is 5.75 Å². The monoisotopic (exact) mass is 240 g/mol. The number of methoxy groups -OCH3 is 1. The summed E-state index contributed by atoms with van der Waals surface area (Å²) in [6.07, 6.45) is 4.18. The van der Waals surface area contributed by atoms with Gasteiger partial charge in [-0.25, -0.2) is 0 Å². The van der Waals surface area contributed by atoms with Crippen molar-refractivity contribution in [2.45, 2.75) is 38.4 Å². The van der Waals surface area contributed by atoms with E-state index in [1.54, 1.807) is 7.11 Å². The van der Waals surface area contributed by atoms with Crippen molar-refractivity contribution in [3.63, 3.8) is 0 Å². The van der Waals surface area contributed by atoms with Crippen LogP contribution < -0.4 is 4.74 Å². The molecule has 0 radical (unpaired) electrons. The third-order valence-corrected chi connectivity index (χ3v) is 3.32. The standard InChI is InChI=1S/C13H17ClO2/c1-3-11-13(16-11)7-5-9-4-6-12(15-2)10(14)8-9/h4,6,8,11,13H,3,5,7H2,1-2H3. The Morgan fingerprint density at radius 2 is 2.19 bits per heavy atom. The lowest BCUT2D eigenvalue weighted by Gasteiger charge is -2.05. The Morgan fingerprint density at radius 3 is 2.75 bits per heavy atom. The molecule has 1 heterocycles. The van der Waals surface area contributed by atoms with Crippen molar-refractivity contribution in [3.8, 4) is 5.75 Å². The van der Waals surface area contributed by atoms with Crippen molar-refractivity contribution in [1.82, 2.24) is 0 Å². The molecule has 2 atom stereocenters. The number of halogens is 1. The summed E-state index contributed by atoms with van der Waals surface area (Å²) < 4.78 is 10.6. The molecule has 0 saturated carbocycles. The van der Waals surface area contributed by atoms with Gasteiger partial charge in [-0.2, -0.15) is 0 Å². The van der Waals surface area contributed by atoms with Gasteiger partial charge in [0, 0.05) is 0 Å². The van der Waals surface area contributed by atoms with Crippen molar-refractivity contribution < 1.29 is 9.47 Å². The lowest BCUT2D eigenvalue weighted by Crippen LogP contribution is -1.96. The average molecular weight is 241 g/mol. The summed E-state index contributed by atoms with van der Waals surface area (Å²) in [5.41, 5.74) is 1.25. The van der Waals surface area contributed by atoms with E-state index in [1.165, 1.54) is 5.56 Å². The van der Waals surface area contributed by atoms with Gasteiger partial charge in [0.05, 0.1) is 24.3 Å². The third-order valence-electron chi connectivity index (χ3n) is 3.02. The number of ether oxygens (including phenoxy) is 2. The number of hydrogen-bond donors (Lipinski definition) is 0. The van der Waals surface area contributed by atoms with Crippen LogP contribution in [0, 0.1) is 0 Å². The van der Waals surface area contributed by atoms with Gasteiger partial charge in [-0.05, 0) is 37.0 Å². The minimum Gasteiger partial charge on any atom is -0.495 e. The minimum atomic E-state index is 0.464. The van der Waals surface area contributed by atoms with Crippen molar-refractivity contribution >= 4 is 11.6 Å². The van der Waals surface area contributed by atoms with Gasteiger partial charge in [0.2, 0.25) is 0 Å². The molecule has 3 heteroatoms. The average Bonchev–Trinajstić information content (AvgIpc) is 3.05. The van der Waals surface area contributed by atoms with Crippen LogP contribution >= 0.6 is 11.6 Å². The highest BCUT2D eigenvalue weighted by atomic mass is 35.5. The quantitative estimate of drug-likeness (QED) is 0.736. The zero-order chi connectivity index (χ0) is 11.5. The summed E-state index contributed by atoms with van der Waals surface area (Å²) in [6, 6.07) is 5.96. The molecule has 0 spiro atoms. The van der Waals surface area contributed by atoms with Crippen LogP contribution in [0.1, 0.15) is 25.3 Å². The van der Waals surface area contributed by atoms with Gasteiger partial charge in [0.15, 0.2) is 0 Å². The fraction of sp³-hybridized carbons (Fsp3) is 0.538. The number of benzene rings is 1. The molecule has 2 rings (SSSR count). The summed E-state index contributed by atoms with van der Waals surface area (Å²) in [6.45, 7) is 2.16. The minimum absolute atomic E-state index is 0.464. The van der Waals surface area contributed by atoms with Crippen LogP contribution in [0.25, 0.3) is 0 Å². The van der Waals surface area contributed by atoms with E-state index < -0.39 is 0 Å². The second-order valence-electron chi connectivity index (χ2n) is 4.13. The Morgan fingerprint density at radius 1 is 1.38 bits per heavy atom. The van der Waals surface area contributed by atoms with E-state index in [9.17, 15) is 0 Å². The van der Waals surface area contributed by atoms with Crippen LogP contribution in [0.5, 0.6) is 5.75 Å². The Balaban J connectivity index is 1.88. The first-order chi connectivity index (χ1) is 7.74. The topological polar surface area (TPSA) is 21.8 Å². The molecule has 1 saturated heterocycles. The van der Waals surface area contributed by atoms with E-state index in [1.807, 2.05) is 12.1 Å². The van der Waals surface area contributed by atoms with Gasteiger partial charge in [0.25, 0.3) is 0 Å². The molecule has 0 aliphatic carbocycles. The van der Waals surface area contributed by atoms with Gasteiger partial charge >= 0.3 is 0 Å². The highest BCUT2D eigenvalue weighted by Crippen LogP contribution is 2.30. The third kappa shape index (κ3) is 2.69. The molecule has 1 aromatic carbocycles. The summed E-state index contributed by atoms with van der Waals surface area (Å²) >= 11 is 6.06. The Labute approximate surface area is 102 Å². The van der Waals surface area contributed by atoms with E-state index in [0.29, 0.717) is 17.2 Å². The first-order valence-corrected chi connectivity index (χ1v) is 6.10. The highest BCUT2D eigenvalue weighted by Gasteiger charge is 2.35. The maximum absolute atomic E-state index is 6.06. The molecule has 1 aliphatic heterocycles. The van der Waals surface area contributed by atoms with E-state index >= 15 is 0 Å². The second kappa shape index (κ2) is 5.07. The van der Waals surface area contributed by atoms with Crippen LogP contribution in [0.15, 0.2) is 18.2 Å².